The van der Waals surface area contributed by atoms with Crippen LogP contribution in [0.2, 0.25) is 0 Å². The van der Waals surface area contributed by atoms with E-state index in [1.165, 1.54) is 16.2 Å². The minimum atomic E-state index is -0.451. The van der Waals surface area contributed by atoms with Crippen molar-refractivity contribution >= 4 is 28.3 Å². The molecule has 1 heterocycles. The molecule has 100 valence electrons. The zero-order chi connectivity index (χ0) is 13.7. The Hall–Kier alpha value is -1.63. The zero-order valence-corrected chi connectivity index (χ0v) is 11.7. The van der Waals surface area contributed by atoms with Crippen molar-refractivity contribution in [3.8, 4) is 0 Å². The van der Waals surface area contributed by atoms with Gasteiger partial charge in [0.2, 0.25) is 5.91 Å². The summed E-state index contributed by atoms with van der Waals surface area (Å²) in [6.07, 6.45) is 0. The number of carbonyl (C=O) groups excluding carboxylic acids is 2. The summed E-state index contributed by atoms with van der Waals surface area (Å²) in [5.74, 6) is -0.503. The lowest BCUT2D eigenvalue weighted by Gasteiger charge is -2.17. The van der Waals surface area contributed by atoms with Crippen LogP contribution in [-0.4, -0.2) is 48.5 Å². The van der Waals surface area contributed by atoms with E-state index in [4.69, 9.17) is 4.74 Å². The third-order valence-electron chi connectivity index (χ3n) is 2.14. The van der Waals surface area contributed by atoms with E-state index in [2.05, 4.69) is 10.3 Å². The number of hydrogen-bond donors (Lipinski definition) is 1. The Kier molecular flexibility index (Phi) is 5.08. The van der Waals surface area contributed by atoms with Crippen LogP contribution in [0.25, 0.3) is 0 Å². The van der Waals surface area contributed by atoms with Gasteiger partial charge in [0.1, 0.15) is 6.04 Å². The van der Waals surface area contributed by atoms with Crippen LogP contribution in [0, 0.1) is 0 Å². The van der Waals surface area contributed by atoms with E-state index in [0.717, 1.165) is 0 Å². The molecule has 7 heteroatoms. The number of anilines is 1. The SMILES string of the molecule is CCOC(=O)c1csc(NC(C)C(=O)N(C)C)n1. The molecular weight excluding hydrogens is 254 g/mol. The smallest absolute Gasteiger partial charge is 0.357 e. The van der Waals surface area contributed by atoms with Crippen molar-refractivity contribution in [2.24, 2.45) is 0 Å². The number of carbonyl (C=O) groups is 2. The maximum Gasteiger partial charge on any atom is 0.357 e. The van der Waals surface area contributed by atoms with Gasteiger partial charge in [-0.25, -0.2) is 9.78 Å². The monoisotopic (exact) mass is 271 g/mol. The average molecular weight is 271 g/mol. The van der Waals surface area contributed by atoms with Crippen LogP contribution < -0.4 is 5.32 Å². The van der Waals surface area contributed by atoms with Crippen molar-refractivity contribution in [1.82, 2.24) is 9.88 Å². The number of aromatic nitrogens is 1. The van der Waals surface area contributed by atoms with Crippen LogP contribution in [0.1, 0.15) is 24.3 Å². The first-order valence-corrected chi connectivity index (χ1v) is 6.44. The van der Waals surface area contributed by atoms with Gasteiger partial charge in [0.05, 0.1) is 6.61 Å². The lowest BCUT2D eigenvalue weighted by atomic mass is 10.3. The molecule has 1 amide bonds. The zero-order valence-electron chi connectivity index (χ0n) is 10.9. The molecule has 0 aromatic carbocycles. The number of thiazole rings is 1. The molecule has 0 radical (unpaired) electrons. The number of amides is 1. The van der Waals surface area contributed by atoms with Crippen molar-refractivity contribution in [3.05, 3.63) is 11.1 Å². The molecule has 1 unspecified atom stereocenters. The molecule has 0 fully saturated rings. The minimum absolute atomic E-state index is 0.0529. The quantitative estimate of drug-likeness (QED) is 0.815. The topological polar surface area (TPSA) is 71.5 Å². The average Bonchev–Trinajstić information content (AvgIpc) is 2.76. The van der Waals surface area contributed by atoms with E-state index in [9.17, 15) is 9.59 Å². The van der Waals surface area contributed by atoms with Crippen LogP contribution in [0.15, 0.2) is 5.38 Å². The van der Waals surface area contributed by atoms with Gasteiger partial charge in [0.25, 0.3) is 0 Å². The number of rotatable bonds is 5. The third-order valence-corrected chi connectivity index (χ3v) is 2.91. The molecule has 1 aromatic heterocycles. The number of ether oxygens (including phenoxy) is 1. The number of nitrogens with one attached hydrogen (secondary N) is 1. The first-order valence-electron chi connectivity index (χ1n) is 5.56. The van der Waals surface area contributed by atoms with Gasteiger partial charge < -0.3 is 15.0 Å². The molecular formula is C11H17N3O3S. The predicted octanol–water partition coefficient (Wildman–Crippen LogP) is 1.21. The summed E-state index contributed by atoms with van der Waals surface area (Å²) in [5, 5.41) is 5.08. The first kappa shape index (κ1) is 14.4. The van der Waals surface area contributed by atoms with Gasteiger partial charge in [-0.15, -0.1) is 11.3 Å². The Labute approximate surface area is 110 Å². The van der Waals surface area contributed by atoms with Gasteiger partial charge in [-0.05, 0) is 13.8 Å². The lowest BCUT2D eigenvalue weighted by molar-refractivity contribution is -0.129. The van der Waals surface area contributed by atoms with E-state index in [1.807, 2.05) is 0 Å². The molecule has 1 aromatic rings. The van der Waals surface area contributed by atoms with Crippen LogP contribution in [-0.2, 0) is 9.53 Å². The van der Waals surface area contributed by atoms with Gasteiger partial charge >= 0.3 is 5.97 Å². The Morgan fingerprint density at radius 1 is 1.56 bits per heavy atom. The lowest BCUT2D eigenvalue weighted by Crippen LogP contribution is -2.36. The van der Waals surface area contributed by atoms with Gasteiger partial charge in [-0.2, -0.15) is 0 Å². The second kappa shape index (κ2) is 6.34. The van der Waals surface area contributed by atoms with E-state index in [-0.39, 0.29) is 17.6 Å². The van der Waals surface area contributed by atoms with Crippen molar-refractivity contribution < 1.29 is 14.3 Å². The highest BCUT2D eigenvalue weighted by atomic mass is 32.1. The Morgan fingerprint density at radius 2 is 2.22 bits per heavy atom. The molecule has 1 atom stereocenters. The van der Waals surface area contributed by atoms with Gasteiger partial charge in [0, 0.05) is 19.5 Å². The van der Waals surface area contributed by atoms with E-state index in [1.54, 1.807) is 33.3 Å². The molecule has 1 N–H and O–H groups in total. The summed E-state index contributed by atoms with van der Waals surface area (Å²) in [6, 6.07) is -0.388. The summed E-state index contributed by atoms with van der Waals surface area (Å²) in [5.41, 5.74) is 0.258. The molecule has 0 bridgehead atoms. The van der Waals surface area contributed by atoms with E-state index >= 15 is 0 Å². The normalized spacial score (nSPS) is 11.8. The minimum Gasteiger partial charge on any atom is -0.461 e. The van der Waals surface area contributed by atoms with Crippen molar-refractivity contribution in [1.29, 1.82) is 0 Å². The Balaban J connectivity index is 2.64. The number of likely N-dealkylation sites (N-methyl/N-ethyl adjacent to an activating group) is 1. The van der Waals surface area contributed by atoms with E-state index < -0.39 is 5.97 Å². The third kappa shape index (κ3) is 3.69. The molecule has 0 spiro atoms. The Morgan fingerprint density at radius 3 is 2.78 bits per heavy atom. The maximum atomic E-state index is 11.6. The molecule has 1 rings (SSSR count). The molecule has 6 nitrogen and oxygen atoms in total. The summed E-state index contributed by atoms with van der Waals surface area (Å²) in [7, 11) is 3.37. The molecule has 0 saturated carbocycles. The van der Waals surface area contributed by atoms with E-state index in [0.29, 0.717) is 11.7 Å². The molecule has 0 aliphatic rings. The highest BCUT2D eigenvalue weighted by Crippen LogP contribution is 2.17. The fraction of sp³-hybridized carbons (Fsp3) is 0.545. The van der Waals surface area contributed by atoms with Crippen LogP contribution in [0.3, 0.4) is 0 Å². The summed E-state index contributed by atoms with van der Waals surface area (Å²) in [4.78, 5) is 28.6. The van der Waals surface area contributed by atoms with Gasteiger partial charge in [-0.3, -0.25) is 4.79 Å². The number of esters is 1. The predicted molar refractivity (Wildman–Crippen MR) is 69.8 cm³/mol. The van der Waals surface area contributed by atoms with Crippen molar-refractivity contribution in [2.75, 3.05) is 26.0 Å². The van der Waals surface area contributed by atoms with Crippen LogP contribution in [0.5, 0.6) is 0 Å². The molecule has 0 aliphatic heterocycles. The summed E-state index contributed by atoms with van der Waals surface area (Å²) < 4.78 is 4.83. The van der Waals surface area contributed by atoms with Crippen LogP contribution in [0.4, 0.5) is 5.13 Å². The van der Waals surface area contributed by atoms with Gasteiger partial charge in [-0.1, -0.05) is 0 Å². The highest BCUT2D eigenvalue weighted by molar-refractivity contribution is 7.13. The summed E-state index contributed by atoms with van der Waals surface area (Å²) in [6.45, 7) is 3.80. The number of hydrogen-bond acceptors (Lipinski definition) is 6. The van der Waals surface area contributed by atoms with Crippen molar-refractivity contribution in [2.45, 2.75) is 19.9 Å². The van der Waals surface area contributed by atoms with Gasteiger partial charge in [0.15, 0.2) is 10.8 Å². The standard InChI is InChI=1S/C11H17N3O3S/c1-5-17-10(16)8-6-18-11(13-8)12-7(2)9(15)14(3)4/h6-7H,5H2,1-4H3,(H,12,13). The molecule has 18 heavy (non-hydrogen) atoms. The van der Waals surface area contributed by atoms with Crippen LogP contribution >= 0.6 is 11.3 Å². The summed E-state index contributed by atoms with van der Waals surface area (Å²) >= 11 is 1.27. The maximum absolute atomic E-state index is 11.6. The second-order valence-corrected chi connectivity index (χ2v) is 4.72. The second-order valence-electron chi connectivity index (χ2n) is 3.86. The first-order chi connectivity index (χ1) is 8.45. The fourth-order valence-corrected chi connectivity index (χ4v) is 2.04. The largest absolute Gasteiger partial charge is 0.461 e. The molecule has 0 aliphatic carbocycles. The number of nitrogens with zero attached hydrogens (tertiary/aromatic N) is 2. The fourth-order valence-electron chi connectivity index (χ4n) is 1.27. The highest BCUT2D eigenvalue weighted by Gasteiger charge is 2.17. The molecule has 0 saturated heterocycles. The Bertz CT molecular complexity index is 431. The van der Waals surface area contributed by atoms with Crippen molar-refractivity contribution in [3.63, 3.8) is 0 Å².